The first kappa shape index (κ1) is 98.5. The summed E-state index contributed by atoms with van der Waals surface area (Å²) in [5.41, 5.74) is 2.42. The largest absolute Gasteiger partial charge is 3.00 e. The molecule has 0 aliphatic heterocycles. The van der Waals surface area contributed by atoms with E-state index in [1.165, 1.54) is 0 Å². The zero-order chi connectivity index (χ0) is 50.2. The number of carbonyl (C=O) groups is 6. The van der Waals surface area contributed by atoms with E-state index in [4.69, 9.17) is 106 Å². The molecule has 0 spiro atoms. The predicted octanol–water partition coefficient (Wildman–Crippen LogP) is -5.68. The smallest absolute Gasteiger partial charge is 0.850 e. The SMILES string of the molecule is CC(=O)[O-].CC(=O)[O-].CC(=O)[O-].CC(=O)[O-].CC(=O)[O-].CC(=O)[O-].ClCCl.ClCCl.O.[Gd+3].[Gd+3].[Ni+2].[Ni+2].[O-]Cc1ccccn1.[O-]Cc1ccccn1.[O-]Cc1ccccn1.[O-]Cc1ccccn1. The number of carboxylic acid groups (broad SMARTS) is 6. The Morgan fingerprint density at radius 3 is 0.522 bits per heavy atom. The summed E-state index contributed by atoms with van der Waals surface area (Å²) in [6, 6.07) is 21.2. The molecule has 0 saturated heterocycles. The molecule has 0 aliphatic rings. The number of carbonyl (C=O) groups excluding carboxylic acids is 6. The van der Waals surface area contributed by atoms with Crippen molar-refractivity contribution in [1.82, 2.24) is 19.9 Å². The second-order valence-electron chi connectivity index (χ2n) is 9.01. The molecule has 0 atom stereocenters. The second-order valence-corrected chi connectivity index (χ2v) is 10.6. The Morgan fingerprint density at radius 2 is 0.478 bits per heavy atom. The van der Waals surface area contributed by atoms with Crippen molar-refractivity contribution in [1.29, 1.82) is 0 Å². The minimum Gasteiger partial charge on any atom is -0.850 e. The summed E-state index contributed by atoms with van der Waals surface area (Å²) in [6.07, 6.45) is 6.47. The standard InChI is InChI=1S/4C6H6NO.6C2H4O2.2CH2Cl2.2Gd.2Ni.H2O/c4*8-5-6-3-1-2-4-7-6;6*1-2(3)4;2*2-1-3;;;;;/h4*1-4H,5H2;6*1H3,(H,3,4);2*1H2;;;;;1H2/q4*-1;;;;;;;;;2*+3;2*+2;/p-6. The Labute approximate surface area is 493 Å². The average molecular weight is 1410 g/mol. The molecule has 2 radical (unpaired) electrons. The predicted molar refractivity (Wildman–Crippen MR) is 213 cm³/mol. The molecule has 0 aromatic carbocycles. The zero-order valence-corrected chi connectivity index (χ0v) is 45.7. The summed E-state index contributed by atoms with van der Waals surface area (Å²) in [5, 5.41) is 94.0. The molecule has 4 aromatic rings. The van der Waals surface area contributed by atoms with E-state index in [1.54, 1.807) is 97.6 Å². The first-order valence-corrected chi connectivity index (χ1v) is 18.3. The quantitative estimate of drug-likeness (QED) is 0.136. The molecule has 0 aliphatic carbocycles. The number of aromatic nitrogens is 4. The van der Waals surface area contributed by atoms with Gasteiger partial charge in [0.2, 0.25) is 0 Å². The van der Waals surface area contributed by atoms with Gasteiger partial charge in [-0.05, 0) is 90.1 Å². The van der Waals surface area contributed by atoms with E-state index in [-0.39, 0.29) is 155 Å². The summed E-state index contributed by atoms with van der Waals surface area (Å²) < 4.78 is 0. The average Bonchev–Trinajstić information content (AvgIpc) is 3.19. The van der Waals surface area contributed by atoms with Crippen molar-refractivity contribution in [2.24, 2.45) is 0 Å². The molecule has 4 rings (SSSR count). The molecule has 29 heteroatoms. The zero-order valence-electron chi connectivity index (χ0n) is 36.2. The molecule has 0 fully saturated rings. The maximum atomic E-state index is 10.1. The third kappa shape index (κ3) is 170. The molecule has 0 bridgehead atoms. The van der Waals surface area contributed by atoms with Gasteiger partial charge < -0.3 is 85.3 Å². The number of aliphatic carboxylic acids is 6. The van der Waals surface area contributed by atoms with Crippen LogP contribution in [0.4, 0.5) is 0 Å². The molecule has 4 heterocycles. The van der Waals surface area contributed by atoms with Crippen LogP contribution < -0.4 is 51.1 Å². The van der Waals surface area contributed by atoms with Crippen molar-refractivity contribution in [3.63, 3.8) is 0 Å². The fraction of sp³-hybridized carbons (Fsp3) is 0.316. The molecule has 386 valence electrons. The van der Waals surface area contributed by atoms with Crippen molar-refractivity contribution >= 4 is 82.2 Å². The van der Waals surface area contributed by atoms with Crippen LogP contribution >= 0.6 is 46.4 Å². The summed E-state index contributed by atoms with van der Waals surface area (Å²) in [6.45, 7) is 4.95. The first-order valence-electron chi connectivity index (χ1n) is 16.2. The van der Waals surface area contributed by atoms with Gasteiger partial charge in [-0.25, -0.2) is 0 Å². The molecule has 67 heavy (non-hydrogen) atoms. The van der Waals surface area contributed by atoms with Gasteiger partial charge in [0.25, 0.3) is 0 Å². The van der Waals surface area contributed by atoms with Crippen LogP contribution in [0.1, 0.15) is 64.3 Å². The fourth-order valence-electron chi connectivity index (χ4n) is 1.93. The van der Waals surface area contributed by atoms with Gasteiger partial charge in [-0.15, -0.1) is 46.4 Å². The Morgan fingerprint density at radius 1 is 0.373 bits per heavy atom. The van der Waals surface area contributed by atoms with Crippen LogP contribution in [0.25, 0.3) is 0 Å². The third-order valence-corrected chi connectivity index (χ3v) is 3.50. The van der Waals surface area contributed by atoms with E-state index in [9.17, 15) is 20.4 Å². The van der Waals surface area contributed by atoms with Crippen LogP contribution in [-0.2, 0) is 88.2 Å². The van der Waals surface area contributed by atoms with Crippen LogP contribution in [0.5, 0.6) is 0 Å². The van der Waals surface area contributed by atoms with E-state index in [2.05, 4.69) is 19.9 Å². The number of nitrogens with zero attached hydrogens (tertiary/aromatic N) is 4. The Bertz CT molecular complexity index is 1310. The van der Waals surface area contributed by atoms with Crippen LogP contribution in [-0.4, -0.2) is 71.9 Å². The van der Waals surface area contributed by atoms with Gasteiger partial charge in [0, 0.05) is 83.4 Å². The van der Waals surface area contributed by atoms with E-state index >= 15 is 0 Å². The van der Waals surface area contributed by atoms with Crippen molar-refractivity contribution in [3.8, 4) is 0 Å². The Hall–Kier alpha value is -1.98. The van der Waals surface area contributed by atoms with Crippen molar-refractivity contribution < 1.29 is 198 Å². The molecule has 2 N–H and O–H groups in total. The summed E-state index contributed by atoms with van der Waals surface area (Å²) in [7, 11) is 0. The maximum absolute atomic E-state index is 10.1. The van der Waals surface area contributed by atoms with Gasteiger partial charge >= 0.3 is 113 Å². The van der Waals surface area contributed by atoms with Gasteiger partial charge in [-0.1, -0.05) is 50.7 Å². The van der Waals surface area contributed by atoms with Crippen LogP contribution in [0.15, 0.2) is 97.6 Å². The number of halogens is 4. The molecule has 0 unspecified atom stereocenters. The molecule has 4 aromatic heterocycles. The fourth-order valence-corrected chi connectivity index (χ4v) is 1.93. The third-order valence-electron chi connectivity index (χ3n) is 3.50. The van der Waals surface area contributed by atoms with Gasteiger partial charge in [-0.3, -0.25) is 19.9 Å². The number of hydrogen-bond acceptors (Lipinski definition) is 20. The Kier molecular flexibility index (Phi) is 128. The van der Waals surface area contributed by atoms with E-state index < -0.39 is 35.8 Å². The number of carboxylic acids is 6. The van der Waals surface area contributed by atoms with Gasteiger partial charge in [0.15, 0.2) is 0 Å². The van der Waals surface area contributed by atoms with Gasteiger partial charge in [0.05, 0.1) is 10.7 Å². The maximum Gasteiger partial charge on any atom is 3.00 e. The van der Waals surface area contributed by atoms with E-state index in [0.29, 0.717) is 22.8 Å². The Balaban J connectivity index is -0.0000000437. The van der Waals surface area contributed by atoms with Crippen LogP contribution in [0.2, 0.25) is 0 Å². The number of alkyl halides is 4. The first-order chi connectivity index (χ1) is 28.9. The van der Waals surface area contributed by atoms with Crippen molar-refractivity contribution in [2.45, 2.75) is 68.0 Å². The second kappa shape index (κ2) is 87.1. The molecule has 21 nitrogen and oxygen atoms in total. The number of hydrogen-bond donors (Lipinski definition) is 0. The normalized spacial score (nSPS) is 7.13. The van der Waals surface area contributed by atoms with E-state index in [1.807, 2.05) is 0 Å². The van der Waals surface area contributed by atoms with Crippen LogP contribution in [0.3, 0.4) is 0 Å². The van der Waals surface area contributed by atoms with Crippen LogP contribution in [0, 0.1) is 79.9 Å². The summed E-state index contributed by atoms with van der Waals surface area (Å²) >= 11 is 19.1. The minimum atomic E-state index is -1.08. The summed E-state index contributed by atoms with van der Waals surface area (Å²) in [5.74, 6) is -6.50. The molecular weight excluding hydrogens is 1360 g/mol. The van der Waals surface area contributed by atoms with Gasteiger partial charge in [0.1, 0.15) is 0 Å². The monoisotopic (exact) mass is 1400 g/mol. The number of pyridine rings is 4. The summed E-state index contributed by atoms with van der Waals surface area (Å²) in [4.78, 5) is 68.5. The topological polar surface area (TPSA) is 416 Å². The van der Waals surface area contributed by atoms with Crippen molar-refractivity contribution in [2.75, 3.05) is 10.7 Å². The number of rotatable bonds is 4. The molecule has 0 amide bonds. The molecular formula is C38H48Cl4Gd2N4Ni2O17. The minimum absolute atomic E-state index is 0. The van der Waals surface area contributed by atoms with Gasteiger partial charge in [-0.2, -0.15) is 0 Å². The molecule has 0 saturated carbocycles. The van der Waals surface area contributed by atoms with Crippen molar-refractivity contribution in [3.05, 3.63) is 120 Å². The van der Waals surface area contributed by atoms with E-state index in [0.717, 1.165) is 41.5 Å².